The van der Waals surface area contributed by atoms with Crippen molar-refractivity contribution in [1.29, 1.82) is 5.26 Å². The summed E-state index contributed by atoms with van der Waals surface area (Å²) in [6, 6.07) is 46.8. The monoisotopic (exact) mass is 644 g/mol. The third kappa shape index (κ3) is 4.76. The molecule has 0 amide bonds. The van der Waals surface area contributed by atoms with Gasteiger partial charge in [0.05, 0.1) is 11.6 Å². The number of benzene rings is 6. The number of hydrogen-bond donors (Lipinski definition) is 0. The SMILES string of the molecule is N#Cc1ccc2c(-c3nc(-c4ccccc4)nc(-c4ccccc4)n3)c3ccccc3c(-c3ccc(C45CC6CC(CC(C6)C4)C5)cc3)c2c1. The molecule has 0 N–H and O–H groups in total. The highest BCUT2D eigenvalue weighted by molar-refractivity contribution is 6.21. The lowest BCUT2D eigenvalue weighted by Gasteiger charge is -2.57. The fourth-order valence-electron chi connectivity index (χ4n) is 10.2. The summed E-state index contributed by atoms with van der Waals surface area (Å²) >= 11 is 0. The van der Waals surface area contributed by atoms with Crippen molar-refractivity contribution in [1.82, 2.24) is 15.0 Å². The highest BCUT2D eigenvalue weighted by Gasteiger charge is 2.51. The second-order valence-electron chi connectivity index (χ2n) is 15.0. The highest BCUT2D eigenvalue weighted by Crippen LogP contribution is 2.61. The molecule has 1 heterocycles. The summed E-state index contributed by atoms with van der Waals surface area (Å²) in [6.07, 6.45) is 8.40. The predicted molar refractivity (Wildman–Crippen MR) is 201 cm³/mol. The molecule has 0 unspecified atom stereocenters. The van der Waals surface area contributed by atoms with Gasteiger partial charge in [-0.1, -0.05) is 115 Å². The Morgan fingerprint density at radius 1 is 0.480 bits per heavy atom. The molecular weight excluding hydrogens is 609 g/mol. The van der Waals surface area contributed by atoms with E-state index in [-0.39, 0.29) is 0 Å². The van der Waals surface area contributed by atoms with E-state index in [0.29, 0.717) is 28.5 Å². The van der Waals surface area contributed by atoms with E-state index < -0.39 is 0 Å². The van der Waals surface area contributed by atoms with Gasteiger partial charge < -0.3 is 0 Å². The number of fused-ring (bicyclic) bond motifs is 2. The highest BCUT2D eigenvalue weighted by atomic mass is 15.0. The average Bonchev–Trinajstić information content (AvgIpc) is 3.17. The van der Waals surface area contributed by atoms with Gasteiger partial charge in [-0.15, -0.1) is 0 Å². The van der Waals surface area contributed by atoms with E-state index >= 15 is 0 Å². The Morgan fingerprint density at radius 2 is 0.980 bits per heavy atom. The second-order valence-corrected chi connectivity index (χ2v) is 15.0. The molecule has 4 saturated carbocycles. The van der Waals surface area contributed by atoms with Gasteiger partial charge in [0.2, 0.25) is 0 Å². The van der Waals surface area contributed by atoms with Gasteiger partial charge in [0.25, 0.3) is 0 Å². The fraction of sp³-hybridized carbons (Fsp3) is 0.217. The Hall–Kier alpha value is -5.66. The van der Waals surface area contributed by atoms with Crippen molar-refractivity contribution in [3.8, 4) is 51.4 Å². The first kappa shape index (κ1) is 29.3. The number of nitriles is 1. The minimum absolute atomic E-state index is 0.348. The first-order valence-corrected chi connectivity index (χ1v) is 18.0. The van der Waals surface area contributed by atoms with Gasteiger partial charge in [-0.05, 0) is 112 Å². The Bertz CT molecular complexity index is 2370. The van der Waals surface area contributed by atoms with Crippen LogP contribution >= 0.6 is 0 Å². The van der Waals surface area contributed by atoms with Gasteiger partial charge >= 0.3 is 0 Å². The molecule has 50 heavy (non-hydrogen) atoms. The van der Waals surface area contributed by atoms with E-state index in [1.807, 2.05) is 72.8 Å². The van der Waals surface area contributed by atoms with E-state index in [2.05, 4.69) is 60.7 Å². The van der Waals surface area contributed by atoms with Crippen LogP contribution in [0.1, 0.15) is 49.7 Å². The number of nitrogens with zero attached hydrogens (tertiary/aromatic N) is 4. The van der Waals surface area contributed by atoms with Crippen molar-refractivity contribution in [2.24, 2.45) is 17.8 Å². The summed E-state index contributed by atoms with van der Waals surface area (Å²) < 4.78 is 0. The smallest absolute Gasteiger partial charge is 0.165 e. The van der Waals surface area contributed by atoms with Crippen molar-refractivity contribution in [3.05, 3.63) is 139 Å². The lowest BCUT2D eigenvalue weighted by molar-refractivity contribution is -0.00518. The predicted octanol–water partition coefficient (Wildman–Crippen LogP) is 11.2. The maximum absolute atomic E-state index is 10.1. The molecule has 0 spiro atoms. The topological polar surface area (TPSA) is 62.5 Å². The maximum Gasteiger partial charge on any atom is 0.165 e. The Morgan fingerprint density at radius 3 is 1.54 bits per heavy atom. The summed E-state index contributed by atoms with van der Waals surface area (Å²) in [7, 11) is 0. The summed E-state index contributed by atoms with van der Waals surface area (Å²) in [5.74, 6) is 4.60. The fourth-order valence-corrected chi connectivity index (χ4v) is 10.2. The molecule has 4 heteroatoms. The van der Waals surface area contributed by atoms with Crippen LogP contribution in [0, 0.1) is 29.1 Å². The first-order valence-electron chi connectivity index (χ1n) is 18.0. The molecule has 4 fully saturated rings. The van der Waals surface area contributed by atoms with Gasteiger partial charge in [-0.2, -0.15) is 5.26 Å². The van der Waals surface area contributed by atoms with Crippen LogP contribution in [0.2, 0.25) is 0 Å². The van der Waals surface area contributed by atoms with Crippen molar-refractivity contribution in [3.63, 3.8) is 0 Å². The summed E-state index contributed by atoms with van der Waals surface area (Å²) in [5.41, 5.74) is 7.65. The average molecular weight is 645 g/mol. The zero-order chi connectivity index (χ0) is 33.2. The summed E-state index contributed by atoms with van der Waals surface area (Å²) in [5, 5.41) is 14.3. The lowest BCUT2D eigenvalue weighted by Crippen LogP contribution is -2.48. The van der Waals surface area contributed by atoms with E-state index in [1.165, 1.54) is 49.7 Å². The normalized spacial score (nSPS) is 22.2. The van der Waals surface area contributed by atoms with Crippen LogP contribution in [-0.4, -0.2) is 15.0 Å². The summed E-state index contributed by atoms with van der Waals surface area (Å²) in [4.78, 5) is 15.3. The molecule has 4 aliphatic rings. The molecule has 4 aliphatic carbocycles. The van der Waals surface area contributed by atoms with Gasteiger partial charge in [0.1, 0.15) is 0 Å². The molecule has 0 saturated heterocycles. The maximum atomic E-state index is 10.1. The van der Waals surface area contributed by atoms with Crippen LogP contribution in [0.4, 0.5) is 0 Å². The van der Waals surface area contributed by atoms with Gasteiger partial charge in [-0.25, -0.2) is 15.0 Å². The standard InChI is InChI=1S/C46H36N4/c47-28-29-15-20-39-40(24-29)41(33-16-18-36(19-17-33)46-25-30-21-31(26-46)23-32(22-30)27-46)37-13-7-8-14-38(37)42(39)45-49-43(34-9-3-1-4-10-34)48-44(50-45)35-11-5-2-6-12-35/h1-20,24,30-32H,21-23,25-27H2. The van der Waals surface area contributed by atoms with Crippen molar-refractivity contribution >= 4 is 21.5 Å². The van der Waals surface area contributed by atoms with Gasteiger partial charge in [0, 0.05) is 16.7 Å². The molecule has 240 valence electrons. The quantitative estimate of drug-likeness (QED) is 0.175. The van der Waals surface area contributed by atoms with Crippen LogP contribution in [0.3, 0.4) is 0 Å². The Labute approximate surface area is 292 Å². The minimum atomic E-state index is 0.348. The molecule has 0 radical (unpaired) electrons. The molecule has 0 atom stereocenters. The summed E-state index contributed by atoms with van der Waals surface area (Å²) in [6.45, 7) is 0. The molecule has 6 aromatic carbocycles. The number of rotatable bonds is 5. The molecule has 1 aromatic heterocycles. The molecule has 0 aliphatic heterocycles. The van der Waals surface area contributed by atoms with Crippen LogP contribution in [0.15, 0.2) is 127 Å². The number of aromatic nitrogens is 3. The molecular formula is C46H36N4. The van der Waals surface area contributed by atoms with E-state index in [9.17, 15) is 5.26 Å². The van der Waals surface area contributed by atoms with Crippen LogP contribution in [0.5, 0.6) is 0 Å². The zero-order valence-electron chi connectivity index (χ0n) is 27.9. The van der Waals surface area contributed by atoms with Crippen molar-refractivity contribution in [2.45, 2.75) is 43.9 Å². The van der Waals surface area contributed by atoms with Gasteiger partial charge in [0.15, 0.2) is 17.5 Å². The van der Waals surface area contributed by atoms with Crippen LogP contribution in [-0.2, 0) is 5.41 Å². The van der Waals surface area contributed by atoms with E-state index in [0.717, 1.165) is 61.6 Å². The zero-order valence-corrected chi connectivity index (χ0v) is 27.9. The molecule has 4 bridgehead atoms. The minimum Gasteiger partial charge on any atom is -0.208 e. The third-order valence-electron chi connectivity index (χ3n) is 11.9. The Kier molecular flexibility index (Phi) is 6.71. The lowest BCUT2D eigenvalue weighted by atomic mass is 9.48. The third-order valence-corrected chi connectivity index (χ3v) is 11.9. The molecule has 11 rings (SSSR count). The van der Waals surface area contributed by atoms with Gasteiger partial charge in [-0.3, -0.25) is 0 Å². The molecule has 7 aromatic rings. The van der Waals surface area contributed by atoms with Crippen molar-refractivity contribution < 1.29 is 0 Å². The van der Waals surface area contributed by atoms with Crippen LogP contribution < -0.4 is 0 Å². The Balaban J connectivity index is 1.19. The first-order chi connectivity index (χ1) is 24.6. The van der Waals surface area contributed by atoms with E-state index in [1.54, 1.807) is 0 Å². The second kappa shape index (κ2) is 11.5. The van der Waals surface area contributed by atoms with Crippen molar-refractivity contribution in [2.75, 3.05) is 0 Å². The largest absolute Gasteiger partial charge is 0.208 e. The number of hydrogen-bond acceptors (Lipinski definition) is 4. The van der Waals surface area contributed by atoms with E-state index in [4.69, 9.17) is 15.0 Å². The molecule has 4 nitrogen and oxygen atoms in total. The van der Waals surface area contributed by atoms with Crippen LogP contribution in [0.25, 0.3) is 66.8 Å².